The quantitative estimate of drug-likeness (QED) is 0.367. The summed E-state index contributed by atoms with van der Waals surface area (Å²) in [7, 11) is 0. The van der Waals surface area contributed by atoms with Gasteiger partial charge < -0.3 is 4.74 Å². The smallest absolute Gasteiger partial charge is 0.272 e. The molecule has 1 atom stereocenters. The van der Waals surface area contributed by atoms with Gasteiger partial charge in [0.05, 0.1) is 11.8 Å². The molecule has 0 amide bonds. The highest BCUT2D eigenvalue weighted by Crippen LogP contribution is 2.27. The van der Waals surface area contributed by atoms with Crippen LogP contribution in [0.4, 0.5) is 5.95 Å². The molecule has 0 fully saturated rings. The van der Waals surface area contributed by atoms with E-state index >= 15 is 0 Å². The number of hydrogen-bond donors (Lipinski definition) is 1. The Hall–Kier alpha value is -3.00. The Labute approximate surface area is 171 Å². The van der Waals surface area contributed by atoms with Crippen molar-refractivity contribution in [2.24, 2.45) is 4.99 Å². The molecule has 154 valence electrons. The summed E-state index contributed by atoms with van der Waals surface area (Å²) in [6.45, 7) is 12.4. The molecule has 8 heteroatoms. The van der Waals surface area contributed by atoms with Crippen molar-refractivity contribution in [3.63, 3.8) is 0 Å². The van der Waals surface area contributed by atoms with E-state index in [1.165, 1.54) is 11.9 Å². The van der Waals surface area contributed by atoms with Gasteiger partial charge in [0.1, 0.15) is 18.2 Å². The summed E-state index contributed by atoms with van der Waals surface area (Å²) in [5.41, 5.74) is 4.83. The largest absolute Gasteiger partial charge is 0.484 e. The molecular formula is C21H28N6O2. The van der Waals surface area contributed by atoms with Crippen molar-refractivity contribution >= 4 is 18.1 Å². The number of fused-ring (bicyclic) bond motifs is 1. The van der Waals surface area contributed by atoms with E-state index < -0.39 is 0 Å². The van der Waals surface area contributed by atoms with E-state index in [4.69, 9.17) is 9.57 Å². The summed E-state index contributed by atoms with van der Waals surface area (Å²) < 4.78 is 7.77. The molecule has 8 nitrogen and oxygen atoms in total. The maximum absolute atomic E-state index is 6.12. The molecule has 0 aliphatic carbocycles. The number of rotatable bonds is 7. The van der Waals surface area contributed by atoms with Crippen molar-refractivity contribution < 1.29 is 9.57 Å². The summed E-state index contributed by atoms with van der Waals surface area (Å²) >= 11 is 0. The lowest BCUT2D eigenvalue weighted by Gasteiger charge is -2.20. The van der Waals surface area contributed by atoms with E-state index in [0.29, 0.717) is 5.78 Å². The molecule has 0 saturated carbocycles. The third-order valence-electron chi connectivity index (χ3n) is 4.24. The highest BCUT2D eigenvalue weighted by atomic mass is 16.7. The van der Waals surface area contributed by atoms with Gasteiger partial charge >= 0.3 is 0 Å². The highest BCUT2D eigenvalue weighted by Gasteiger charge is 2.16. The standard InChI is InChI=1S/C21H28N6O2/c1-14(2)29-24-13-23-19-25-20-22-12-11-18(27(20)26-19)15(3)28-17-9-7-16(8-10-17)21(4,5)6/h7-15H,1-6H3,(H,23,24,26). The minimum atomic E-state index is -0.248. The van der Waals surface area contributed by atoms with E-state index in [1.807, 2.05) is 39.0 Å². The zero-order chi connectivity index (χ0) is 21.0. The fourth-order valence-corrected chi connectivity index (χ4v) is 2.71. The number of benzene rings is 1. The summed E-state index contributed by atoms with van der Waals surface area (Å²) in [5.74, 6) is 1.54. The average Bonchev–Trinajstić information content (AvgIpc) is 3.07. The molecule has 2 heterocycles. The van der Waals surface area contributed by atoms with Crippen LogP contribution in [0, 0.1) is 0 Å². The first-order chi connectivity index (χ1) is 13.7. The Morgan fingerprint density at radius 2 is 1.83 bits per heavy atom. The van der Waals surface area contributed by atoms with Gasteiger partial charge in [-0.25, -0.2) is 4.98 Å². The van der Waals surface area contributed by atoms with Crippen molar-refractivity contribution in [3.05, 3.63) is 47.8 Å². The van der Waals surface area contributed by atoms with Crippen molar-refractivity contribution in [2.75, 3.05) is 0 Å². The fraction of sp³-hybridized carbons (Fsp3) is 0.429. The van der Waals surface area contributed by atoms with Gasteiger partial charge in [0, 0.05) is 6.20 Å². The number of aromatic nitrogens is 4. The van der Waals surface area contributed by atoms with E-state index in [0.717, 1.165) is 11.4 Å². The molecule has 0 radical (unpaired) electrons. The van der Waals surface area contributed by atoms with Crippen molar-refractivity contribution in [1.29, 1.82) is 0 Å². The van der Waals surface area contributed by atoms with Crippen molar-refractivity contribution in [3.8, 4) is 5.75 Å². The minimum absolute atomic E-state index is 0.0409. The molecule has 29 heavy (non-hydrogen) atoms. The van der Waals surface area contributed by atoms with Crippen LogP contribution >= 0.6 is 0 Å². The van der Waals surface area contributed by atoms with E-state index in [-0.39, 0.29) is 23.6 Å². The molecule has 0 aliphatic rings. The van der Waals surface area contributed by atoms with Crippen LogP contribution in [0.25, 0.3) is 5.78 Å². The van der Waals surface area contributed by atoms with Gasteiger partial charge in [-0.15, -0.1) is 5.10 Å². The Balaban J connectivity index is 1.76. The first kappa shape index (κ1) is 20.7. The van der Waals surface area contributed by atoms with E-state index in [2.05, 4.69) is 58.4 Å². The molecular weight excluding hydrogens is 368 g/mol. The Bertz CT molecular complexity index is 973. The molecule has 0 saturated heterocycles. The molecule has 0 bridgehead atoms. The normalized spacial score (nSPS) is 13.3. The molecule has 3 rings (SSSR count). The lowest BCUT2D eigenvalue weighted by atomic mass is 9.87. The number of ether oxygens (including phenoxy) is 1. The second kappa shape index (κ2) is 8.57. The monoisotopic (exact) mass is 396 g/mol. The van der Waals surface area contributed by atoms with Gasteiger partial charge in [-0.2, -0.15) is 14.5 Å². The zero-order valence-corrected chi connectivity index (χ0v) is 17.7. The Kier molecular flexibility index (Phi) is 6.12. The average molecular weight is 396 g/mol. The van der Waals surface area contributed by atoms with Gasteiger partial charge in [0.2, 0.25) is 0 Å². The van der Waals surface area contributed by atoms with Crippen LogP contribution in [-0.2, 0) is 10.3 Å². The molecule has 3 aromatic rings. The van der Waals surface area contributed by atoms with Crippen LogP contribution in [0.15, 0.2) is 41.5 Å². The first-order valence-corrected chi connectivity index (χ1v) is 9.66. The fourth-order valence-electron chi connectivity index (χ4n) is 2.71. The van der Waals surface area contributed by atoms with Crippen molar-refractivity contribution in [2.45, 2.75) is 59.2 Å². The summed E-state index contributed by atoms with van der Waals surface area (Å²) in [6, 6.07) is 10.0. The zero-order valence-electron chi connectivity index (χ0n) is 17.7. The van der Waals surface area contributed by atoms with Crippen LogP contribution in [0.2, 0.25) is 0 Å². The van der Waals surface area contributed by atoms with Crippen LogP contribution in [0.5, 0.6) is 5.75 Å². The van der Waals surface area contributed by atoms with Gasteiger partial charge in [0.25, 0.3) is 11.7 Å². The second-order valence-corrected chi connectivity index (χ2v) is 8.07. The molecule has 0 aliphatic heterocycles. The number of hydrogen-bond acceptors (Lipinski definition) is 6. The second-order valence-electron chi connectivity index (χ2n) is 8.07. The van der Waals surface area contributed by atoms with Crippen LogP contribution in [0.1, 0.15) is 58.9 Å². The van der Waals surface area contributed by atoms with Gasteiger partial charge in [-0.1, -0.05) is 32.9 Å². The third kappa shape index (κ3) is 5.29. The number of hydroxylamine groups is 1. The van der Waals surface area contributed by atoms with Crippen LogP contribution < -0.4 is 10.2 Å². The maximum Gasteiger partial charge on any atom is 0.272 e. The van der Waals surface area contributed by atoms with Gasteiger partial charge in [0.15, 0.2) is 0 Å². The SMILES string of the molecule is CC(C)ONC=Nc1nc2nccc(C(C)Oc3ccc(C(C)(C)C)cc3)n2n1. The number of nitrogens with zero attached hydrogens (tertiary/aromatic N) is 5. The summed E-state index contributed by atoms with van der Waals surface area (Å²) in [4.78, 5) is 17.9. The number of nitrogens with one attached hydrogen (secondary N) is 1. The summed E-state index contributed by atoms with van der Waals surface area (Å²) in [5, 5.41) is 4.41. The lowest BCUT2D eigenvalue weighted by molar-refractivity contribution is 0.0361. The third-order valence-corrected chi connectivity index (χ3v) is 4.24. The Morgan fingerprint density at radius 3 is 2.48 bits per heavy atom. The maximum atomic E-state index is 6.12. The lowest BCUT2D eigenvalue weighted by Crippen LogP contribution is -2.17. The molecule has 2 aromatic heterocycles. The van der Waals surface area contributed by atoms with Gasteiger partial charge in [-0.3, -0.25) is 10.3 Å². The predicted octanol–water partition coefficient (Wildman–Crippen LogP) is 4.15. The molecule has 1 N–H and O–H groups in total. The van der Waals surface area contributed by atoms with Crippen LogP contribution in [-0.4, -0.2) is 32.0 Å². The minimum Gasteiger partial charge on any atom is -0.484 e. The topological polar surface area (TPSA) is 85.9 Å². The molecule has 1 unspecified atom stereocenters. The van der Waals surface area contributed by atoms with Crippen molar-refractivity contribution in [1.82, 2.24) is 25.1 Å². The van der Waals surface area contributed by atoms with E-state index in [1.54, 1.807) is 10.7 Å². The van der Waals surface area contributed by atoms with Crippen LogP contribution in [0.3, 0.4) is 0 Å². The summed E-state index contributed by atoms with van der Waals surface area (Å²) in [6.07, 6.45) is 2.89. The molecule has 0 spiro atoms. The molecule has 1 aromatic carbocycles. The van der Waals surface area contributed by atoms with Gasteiger partial charge in [-0.05, 0) is 49.9 Å². The highest BCUT2D eigenvalue weighted by molar-refractivity contribution is 5.57. The first-order valence-electron chi connectivity index (χ1n) is 9.66. The van der Waals surface area contributed by atoms with E-state index in [9.17, 15) is 0 Å². The Morgan fingerprint density at radius 1 is 1.10 bits per heavy atom. The number of aliphatic imine (C=N–C) groups is 1. The predicted molar refractivity (Wildman–Crippen MR) is 112 cm³/mol.